The van der Waals surface area contributed by atoms with Gasteiger partial charge in [0, 0.05) is 221 Å². The highest BCUT2D eigenvalue weighted by molar-refractivity contribution is 5.55. The second-order valence-electron chi connectivity index (χ2n) is 34.2. The molecule has 18 rings (SSSR count). The predicted octanol–water partition coefficient (Wildman–Crippen LogP) is 19.3. The van der Waals surface area contributed by atoms with Gasteiger partial charge >= 0.3 is 0 Å². The van der Waals surface area contributed by atoms with Crippen molar-refractivity contribution in [3.05, 3.63) is 140 Å². The summed E-state index contributed by atoms with van der Waals surface area (Å²) in [7, 11) is 1.33. The second kappa shape index (κ2) is 48.4. The molecule has 0 aliphatic carbocycles. The SMILES string of the molecule is [2H]C([2H])([2H])C(C)(C([2H])([2H])[2H])C([2H])([2H])C1([2H])C([2H])([2H])N2C(c3cc(OC)c(OC)cc3C([2H])([2H])C2([2H])[2H])C([2H])([2H])C1([2H])O.[2H]C([2H])([2H])C(C)(C([2H])([2H])[2H])C([2H])([2H])C1([2H])C([2H])([2H])N2C(c3cc(OC)c(OC)cc3C([2H])([2H])C2([2H])[2H])C([2H])([2H])C1([2H])O.[2H]C([2H])([2H])Oc1cc2c(cc1OC)C([2H])([2H])C([2H])([2H])N1C2C([2H])([2H])C([2H])(O)C([2H])(C([2H])([2H])C(C)(C([2H])([2H])[2H])C([2H])([2H])[2H])C1([2H])[2H].[2H]C([2H])([2H])Oc1cc2c(cc1OC)C([2H])([2H])C([2H])([2H])N1C2C([2H])([2H])C([2H])(O)C([2H])(CC(C)C)C1([2H])[2H].[2H]C([2H])([2H])Oc1cc2c(cc1OC)C([2H])([2H])C([2H])([2H])N1C2C([2H])([2H])C([2H])(O)C([2H])(CC(C)C)C1([2H])[2H].[2H]C1([2H])c2cc(OC)c(OC)cc2C2N(C1([2H])[2H])C([2H])([2H])C([2H])(CC(C)C)C([2H])(O)C2([2H])[2H]. The highest BCUT2D eigenvalue weighted by atomic mass is 16.5. The molecule has 0 spiro atoms. The standard InChI is InChI=1S/3C20H31NO3.3C19H29NO3/c3*1-20(2,3)11-14-12-21-7-6-13-8-18(23-4)19(24-5)9-15(13)16(21)10-17(14)22;3*1-12(2)7-14-11-20-6-5-13-8-18(22-3)19(23-4)9-15(13)16(20)10-17(14)21/h3*8-9,14,16-17,22H,6-7,10-12H2,1-5H3;3*8-9,12,14,16-17,21H,5-7,10-11H2,1-4H3/i1D3,2D3,5D3,6D2,7D2,10D2,11D2,12D2,14D,17D;2*1D3,2D3,6D2,7D2,10D2,11D2,12D2,14D,17D;2*4D3,5D2,6D2,10D2,11D2,14D,17D;5D2,6D2,10D2,11D2,14D,17D. The summed E-state index contributed by atoms with van der Waals surface area (Å²) in [5, 5.41) is 68.2. The molecule has 12 aliphatic rings. The number of rotatable bonds is 21. The van der Waals surface area contributed by atoms with Gasteiger partial charge in [-0.25, -0.2) is 0 Å². The van der Waals surface area contributed by atoms with Crippen molar-refractivity contribution in [3.63, 3.8) is 0 Å². The van der Waals surface area contributed by atoms with Gasteiger partial charge in [0.15, 0.2) is 69.0 Å². The first kappa shape index (κ1) is 41.2. The summed E-state index contributed by atoms with van der Waals surface area (Å²) >= 11 is 0. The van der Waals surface area contributed by atoms with Gasteiger partial charge in [-0.1, -0.05) is 103 Å². The van der Waals surface area contributed by atoms with E-state index in [0.29, 0.717) is 24.8 Å². The van der Waals surface area contributed by atoms with Crippen LogP contribution in [0.5, 0.6) is 69.0 Å². The lowest BCUT2D eigenvalue weighted by Gasteiger charge is -2.47. The van der Waals surface area contributed by atoms with E-state index in [1.165, 1.54) is 34.5 Å². The molecule has 6 aromatic carbocycles. The molecule has 6 fully saturated rings. The molecule has 24 heteroatoms. The van der Waals surface area contributed by atoms with Crippen molar-refractivity contribution in [1.29, 1.82) is 0 Å². The highest BCUT2D eigenvalue weighted by Gasteiger charge is 2.47. The zero-order valence-corrected chi connectivity index (χ0v) is 80.0. The van der Waals surface area contributed by atoms with Gasteiger partial charge in [-0.3, -0.25) is 29.4 Å². The molecule has 141 heavy (non-hydrogen) atoms. The van der Waals surface area contributed by atoms with Crippen molar-refractivity contribution in [1.82, 2.24) is 29.4 Å². The molecule has 12 heterocycles. The van der Waals surface area contributed by atoms with Crippen molar-refractivity contribution < 1.29 is 215 Å². The molecule has 18 atom stereocenters. The summed E-state index contributed by atoms with van der Waals surface area (Å²) in [5.74, 6) is -27.1. The zero-order chi connectivity index (χ0) is 184. The van der Waals surface area contributed by atoms with Gasteiger partial charge in [-0.2, -0.15) is 0 Å². The molecule has 12 aliphatic heterocycles. The molecule has 24 nitrogen and oxygen atoms in total. The van der Waals surface area contributed by atoms with Gasteiger partial charge in [-0.15, -0.1) is 0 Å². The van der Waals surface area contributed by atoms with Crippen LogP contribution in [0.15, 0.2) is 72.8 Å². The molecular formula is C117H180N6O18. The third kappa shape index (κ3) is 26.9. The Morgan fingerprint density at radius 3 is 0.589 bits per heavy atom. The molecular weight excluding hydrogens is 1780 g/mol. The molecule has 6 aromatic rings. The van der Waals surface area contributed by atoms with Crippen LogP contribution in [0.3, 0.4) is 0 Å². The molecule has 0 saturated carbocycles. The van der Waals surface area contributed by atoms with Gasteiger partial charge in [0.05, 0.1) is 142 Å². The van der Waals surface area contributed by atoms with Gasteiger partial charge in [-0.05, 0) is 324 Å². The lowest BCUT2D eigenvalue weighted by Crippen LogP contribution is -2.48. The molecule has 0 aromatic heterocycles. The molecule has 6 saturated heterocycles. The van der Waals surface area contributed by atoms with Crippen LogP contribution < -0.4 is 56.8 Å². The number of methoxy groups -OCH3 is 12. The van der Waals surface area contributed by atoms with Crippen molar-refractivity contribution in [2.75, 3.05) is 163 Å². The summed E-state index contributed by atoms with van der Waals surface area (Å²) < 4.78 is 847. The number of hydrogen-bond donors (Lipinski definition) is 6. The van der Waals surface area contributed by atoms with Crippen LogP contribution in [0.4, 0.5) is 0 Å². The van der Waals surface area contributed by atoms with Crippen LogP contribution in [-0.2, 0) is 38.2 Å². The first-order valence-corrected chi connectivity index (χ1v) is 43.5. The average Bonchev–Trinajstić information content (AvgIpc) is 0.636. The highest BCUT2D eigenvalue weighted by Crippen LogP contribution is 2.53. The minimum atomic E-state index is -4.57. The number of benzene rings is 6. The van der Waals surface area contributed by atoms with E-state index in [-0.39, 0.29) is 88.5 Å². The van der Waals surface area contributed by atoms with Crippen molar-refractivity contribution in [2.24, 2.45) is 69.4 Å². The van der Waals surface area contributed by atoms with Crippen molar-refractivity contribution in [2.45, 2.75) is 291 Å². The number of fused-ring (bicyclic) bond motifs is 18. The van der Waals surface area contributed by atoms with Gasteiger partial charge in [0.1, 0.15) is 0 Å². The summed E-state index contributed by atoms with van der Waals surface area (Å²) in [6, 6.07) is -2.59. The Bertz CT molecular complexity index is 9240. The molecule has 18 unspecified atom stereocenters. The number of piperidine rings is 6. The molecule has 0 radical (unpaired) electrons. The Morgan fingerprint density at radius 1 is 0.277 bits per heavy atom. The maximum absolute atomic E-state index is 11.6. The Morgan fingerprint density at radius 2 is 0.433 bits per heavy atom. The molecule has 6 N–H and O–H groups in total. The minimum absolute atomic E-state index is 0.0551. The fourth-order valence-corrected chi connectivity index (χ4v) is 15.5. The largest absolute Gasteiger partial charge is 0.493 e. The average molecular weight is 2050 g/mol. The Balaban J connectivity index is 0.000000222. The smallest absolute Gasteiger partial charge is 0.161 e. The number of hydrogen-bond acceptors (Lipinski definition) is 24. The van der Waals surface area contributed by atoms with Crippen LogP contribution in [0.2, 0.25) is 0 Å². The third-order valence-electron chi connectivity index (χ3n) is 21.8. The third-order valence-corrected chi connectivity index (χ3v) is 21.8. The number of aliphatic hydroxyl groups is 6. The first-order chi connectivity index (χ1) is 103. The van der Waals surface area contributed by atoms with Gasteiger partial charge in [0.2, 0.25) is 0 Å². The van der Waals surface area contributed by atoms with E-state index in [4.69, 9.17) is 184 Å². The van der Waals surface area contributed by atoms with Crippen LogP contribution >= 0.6 is 0 Å². The van der Waals surface area contributed by atoms with E-state index in [1.807, 2.05) is 0 Å². The first-order valence-electron chi connectivity index (χ1n) is 90.0. The fourth-order valence-electron chi connectivity index (χ4n) is 15.5. The quantitative estimate of drug-likeness (QED) is 0.0392. The van der Waals surface area contributed by atoms with E-state index in [2.05, 4.69) is 0 Å². The Kier molecular flexibility index (Phi) is 14.1. The Labute approximate surface area is 977 Å². The summed E-state index contributed by atoms with van der Waals surface area (Å²) in [4.78, 5) is 0.107. The van der Waals surface area contributed by atoms with E-state index >= 15 is 0 Å². The van der Waals surface area contributed by atoms with Crippen molar-refractivity contribution in [3.8, 4) is 69.0 Å². The monoisotopic (exact) mass is 2050 g/mol. The lowest BCUT2D eigenvalue weighted by molar-refractivity contribution is -0.0259. The normalized spacial score (nSPS) is 53.1. The van der Waals surface area contributed by atoms with Crippen LogP contribution in [0, 0.1) is 69.4 Å². The lowest BCUT2D eigenvalue weighted by atomic mass is 9.75. The van der Waals surface area contributed by atoms with Crippen molar-refractivity contribution >= 4 is 0 Å². The molecule has 0 bridgehead atoms. The summed E-state index contributed by atoms with van der Waals surface area (Å²) in [6.07, 6.45) is -78.3. The number of nitrogens with zero attached hydrogens (tertiary/aromatic N) is 6. The number of ether oxygens (including phenoxy) is 12. The predicted molar refractivity (Wildman–Crippen MR) is 561 cm³/mol. The van der Waals surface area contributed by atoms with Crippen LogP contribution in [0.25, 0.3) is 0 Å². The number of aryl methyl sites for hydroxylation is 6. The topological polar surface area (TPSA) is 252 Å². The summed E-state index contributed by atoms with van der Waals surface area (Å²) in [5.41, 5.74) is -17.6. The van der Waals surface area contributed by atoms with Gasteiger partial charge < -0.3 is 87.5 Å². The molecule has 0 amide bonds. The maximum Gasteiger partial charge on any atom is 0.161 e. The van der Waals surface area contributed by atoms with Crippen LogP contribution in [-0.4, -0.2) is 260 Å². The Hall–Kier alpha value is -7.56. The van der Waals surface area contributed by atoms with Gasteiger partial charge in [0.25, 0.3) is 0 Å². The zero-order valence-electron chi connectivity index (χ0n) is 173. The van der Waals surface area contributed by atoms with E-state index in [0.717, 1.165) is 96.2 Å². The molecule has 786 valence electrons. The van der Waals surface area contributed by atoms with E-state index in [1.54, 1.807) is 41.5 Å². The summed E-state index contributed by atoms with van der Waals surface area (Å²) in [6.45, 7) is -56.3. The fraction of sp³-hybridized carbons (Fsp3) is 0.692. The van der Waals surface area contributed by atoms with Crippen LogP contribution in [0.1, 0.15) is 411 Å². The minimum Gasteiger partial charge on any atom is -0.493 e. The van der Waals surface area contributed by atoms with E-state index in [9.17, 15) is 30.6 Å². The second-order valence-corrected chi connectivity index (χ2v) is 34.2. The maximum atomic E-state index is 11.6. The van der Waals surface area contributed by atoms with E-state index < -0.39 is 476 Å².